The van der Waals surface area contributed by atoms with Crippen LogP contribution in [0.1, 0.15) is 12.8 Å². The predicted octanol–water partition coefficient (Wildman–Crippen LogP) is 1.57. The van der Waals surface area contributed by atoms with Crippen LogP contribution in [0.2, 0.25) is 5.02 Å². The molecule has 1 saturated heterocycles. The largest absolute Gasteiger partial charge is 0.368 e. The number of rotatable bonds is 4. The van der Waals surface area contributed by atoms with Gasteiger partial charge in [-0.05, 0) is 25.0 Å². The molecule has 2 amide bonds. The van der Waals surface area contributed by atoms with Gasteiger partial charge in [-0.1, -0.05) is 23.7 Å². The zero-order valence-electron chi connectivity index (χ0n) is 10.3. The van der Waals surface area contributed by atoms with Crippen LogP contribution in [0.3, 0.4) is 0 Å². The molecular weight excluding hydrogens is 268 g/mol. The maximum absolute atomic E-state index is 11.7. The second-order valence-corrected chi connectivity index (χ2v) is 4.65. The Morgan fingerprint density at radius 1 is 1.37 bits per heavy atom. The molecule has 0 spiro atoms. The molecular formula is C13H15ClN2O3. The van der Waals surface area contributed by atoms with E-state index >= 15 is 0 Å². The van der Waals surface area contributed by atoms with Gasteiger partial charge in [0.2, 0.25) is 11.8 Å². The zero-order valence-corrected chi connectivity index (χ0v) is 11.1. The molecule has 5 nitrogen and oxygen atoms in total. The lowest BCUT2D eigenvalue weighted by atomic mass is 10.2. The van der Waals surface area contributed by atoms with Crippen molar-refractivity contribution in [1.29, 1.82) is 0 Å². The molecule has 0 aliphatic carbocycles. The van der Waals surface area contributed by atoms with Crippen LogP contribution in [-0.2, 0) is 14.3 Å². The Morgan fingerprint density at radius 2 is 2.16 bits per heavy atom. The van der Waals surface area contributed by atoms with Gasteiger partial charge in [0.25, 0.3) is 0 Å². The van der Waals surface area contributed by atoms with Gasteiger partial charge in [0.1, 0.15) is 6.10 Å². The van der Waals surface area contributed by atoms with E-state index in [1.165, 1.54) is 0 Å². The molecule has 1 atom stereocenters. The van der Waals surface area contributed by atoms with Crippen LogP contribution in [0.5, 0.6) is 0 Å². The molecule has 1 fully saturated rings. The van der Waals surface area contributed by atoms with Crippen LogP contribution in [0.25, 0.3) is 0 Å². The van der Waals surface area contributed by atoms with E-state index in [1.54, 1.807) is 24.3 Å². The van der Waals surface area contributed by atoms with E-state index in [9.17, 15) is 9.59 Å². The van der Waals surface area contributed by atoms with Gasteiger partial charge in [0.05, 0.1) is 17.3 Å². The fourth-order valence-electron chi connectivity index (χ4n) is 1.82. The minimum atomic E-state index is -0.423. The topological polar surface area (TPSA) is 67.4 Å². The summed E-state index contributed by atoms with van der Waals surface area (Å²) in [5.74, 6) is -0.564. The van der Waals surface area contributed by atoms with Crippen LogP contribution in [-0.4, -0.2) is 31.1 Å². The summed E-state index contributed by atoms with van der Waals surface area (Å²) in [6.07, 6.45) is 1.16. The molecule has 1 heterocycles. The Labute approximate surface area is 116 Å². The standard InChI is InChI=1S/C13H15ClN2O3/c14-9-4-1-2-5-10(9)16-12(17)8-15-13(18)11-6-3-7-19-11/h1-2,4-5,11H,3,6-8H2,(H,15,18)(H,16,17). The van der Waals surface area contributed by atoms with Crippen molar-refractivity contribution < 1.29 is 14.3 Å². The quantitative estimate of drug-likeness (QED) is 0.881. The maximum atomic E-state index is 11.7. The molecule has 0 aromatic heterocycles. The average Bonchev–Trinajstić information content (AvgIpc) is 2.93. The Bertz CT molecular complexity index is 473. The van der Waals surface area contributed by atoms with Crippen LogP contribution in [0.4, 0.5) is 5.69 Å². The number of hydrogen-bond donors (Lipinski definition) is 2. The van der Waals surface area contributed by atoms with Gasteiger partial charge in [-0.3, -0.25) is 9.59 Å². The molecule has 2 N–H and O–H groups in total. The first-order chi connectivity index (χ1) is 9.16. The van der Waals surface area contributed by atoms with Crippen LogP contribution < -0.4 is 10.6 Å². The third-order valence-corrected chi connectivity index (χ3v) is 3.12. The highest BCUT2D eigenvalue weighted by atomic mass is 35.5. The number of nitrogens with one attached hydrogen (secondary N) is 2. The number of carbonyl (C=O) groups is 2. The number of hydrogen-bond acceptors (Lipinski definition) is 3. The summed E-state index contributed by atoms with van der Waals surface area (Å²) in [6, 6.07) is 6.92. The van der Waals surface area contributed by atoms with Gasteiger partial charge in [-0.15, -0.1) is 0 Å². The number of amides is 2. The van der Waals surface area contributed by atoms with E-state index in [0.717, 1.165) is 6.42 Å². The molecule has 6 heteroatoms. The van der Waals surface area contributed by atoms with Gasteiger partial charge >= 0.3 is 0 Å². The minimum absolute atomic E-state index is 0.0933. The van der Waals surface area contributed by atoms with Gasteiger partial charge in [-0.2, -0.15) is 0 Å². The maximum Gasteiger partial charge on any atom is 0.249 e. The molecule has 102 valence electrons. The van der Waals surface area contributed by atoms with Crippen molar-refractivity contribution in [3.63, 3.8) is 0 Å². The molecule has 19 heavy (non-hydrogen) atoms. The number of anilines is 1. The number of benzene rings is 1. The van der Waals surface area contributed by atoms with E-state index in [-0.39, 0.29) is 18.4 Å². The van der Waals surface area contributed by atoms with Crippen LogP contribution in [0.15, 0.2) is 24.3 Å². The van der Waals surface area contributed by atoms with E-state index in [1.807, 2.05) is 0 Å². The second-order valence-electron chi connectivity index (χ2n) is 4.25. The third kappa shape index (κ3) is 3.94. The summed E-state index contributed by atoms with van der Waals surface area (Å²) in [4.78, 5) is 23.3. The normalized spacial score (nSPS) is 18.1. The van der Waals surface area contributed by atoms with E-state index in [0.29, 0.717) is 23.7 Å². The van der Waals surface area contributed by atoms with Crippen molar-refractivity contribution in [2.75, 3.05) is 18.5 Å². The first-order valence-corrected chi connectivity index (χ1v) is 6.48. The highest BCUT2D eigenvalue weighted by molar-refractivity contribution is 6.33. The van der Waals surface area contributed by atoms with Gasteiger partial charge < -0.3 is 15.4 Å². The highest BCUT2D eigenvalue weighted by Crippen LogP contribution is 2.20. The first-order valence-electron chi connectivity index (χ1n) is 6.10. The summed E-state index contributed by atoms with van der Waals surface area (Å²) in [6.45, 7) is 0.508. The van der Waals surface area contributed by atoms with Crippen molar-refractivity contribution in [2.45, 2.75) is 18.9 Å². The first kappa shape index (κ1) is 13.8. The Balaban J connectivity index is 1.78. The fourth-order valence-corrected chi connectivity index (χ4v) is 2.01. The Kier molecular flexibility index (Phi) is 4.76. The summed E-state index contributed by atoms with van der Waals surface area (Å²) in [7, 11) is 0. The van der Waals surface area contributed by atoms with Gasteiger partial charge in [-0.25, -0.2) is 0 Å². The summed E-state index contributed by atoms with van der Waals surface area (Å²) in [5, 5.41) is 5.63. The monoisotopic (exact) mass is 282 g/mol. The van der Waals surface area contributed by atoms with Crippen molar-refractivity contribution in [3.05, 3.63) is 29.3 Å². The summed E-state index contributed by atoms with van der Waals surface area (Å²) < 4.78 is 5.22. The lowest BCUT2D eigenvalue weighted by molar-refractivity contribution is -0.131. The molecule has 1 aliphatic heterocycles. The average molecular weight is 283 g/mol. The SMILES string of the molecule is O=C(CNC(=O)C1CCCO1)Nc1ccccc1Cl. The zero-order chi connectivity index (χ0) is 13.7. The van der Waals surface area contributed by atoms with E-state index in [4.69, 9.17) is 16.3 Å². The highest BCUT2D eigenvalue weighted by Gasteiger charge is 2.23. The molecule has 0 bridgehead atoms. The lowest BCUT2D eigenvalue weighted by Crippen LogP contribution is -2.39. The Morgan fingerprint density at radius 3 is 2.84 bits per heavy atom. The summed E-state index contributed by atoms with van der Waals surface area (Å²) in [5.41, 5.74) is 0.528. The molecule has 2 rings (SSSR count). The van der Waals surface area contributed by atoms with E-state index in [2.05, 4.69) is 10.6 Å². The second kappa shape index (κ2) is 6.54. The number of halogens is 1. The lowest BCUT2D eigenvalue weighted by Gasteiger charge is -2.11. The number of ether oxygens (including phenoxy) is 1. The van der Waals surface area contributed by atoms with Crippen molar-refractivity contribution in [3.8, 4) is 0 Å². The van der Waals surface area contributed by atoms with Crippen molar-refractivity contribution in [1.82, 2.24) is 5.32 Å². The molecule has 0 radical (unpaired) electrons. The van der Waals surface area contributed by atoms with Crippen molar-refractivity contribution >= 4 is 29.1 Å². The third-order valence-electron chi connectivity index (χ3n) is 2.79. The molecule has 1 unspecified atom stereocenters. The smallest absolute Gasteiger partial charge is 0.249 e. The van der Waals surface area contributed by atoms with Crippen LogP contribution >= 0.6 is 11.6 Å². The summed E-state index contributed by atoms with van der Waals surface area (Å²) >= 11 is 5.91. The molecule has 1 aliphatic rings. The number of carbonyl (C=O) groups excluding carboxylic acids is 2. The molecule has 1 aromatic rings. The van der Waals surface area contributed by atoms with Crippen LogP contribution in [0, 0.1) is 0 Å². The molecule has 1 aromatic carbocycles. The molecule has 0 saturated carbocycles. The van der Waals surface area contributed by atoms with Crippen molar-refractivity contribution in [2.24, 2.45) is 0 Å². The fraction of sp³-hybridized carbons (Fsp3) is 0.385. The number of para-hydroxylation sites is 1. The van der Waals surface area contributed by atoms with Gasteiger partial charge in [0.15, 0.2) is 0 Å². The van der Waals surface area contributed by atoms with E-state index < -0.39 is 6.10 Å². The Hall–Kier alpha value is -1.59. The minimum Gasteiger partial charge on any atom is -0.368 e. The van der Waals surface area contributed by atoms with Gasteiger partial charge in [0, 0.05) is 6.61 Å². The predicted molar refractivity (Wildman–Crippen MR) is 72.1 cm³/mol.